The lowest BCUT2D eigenvalue weighted by molar-refractivity contribution is -0.141. The summed E-state index contributed by atoms with van der Waals surface area (Å²) < 4.78 is 19.1. The van der Waals surface area contributed by atoms with Gasteiger partial charge < -0.3 is 19.4 Å². The molecule has 2 aliphatic heterocycles. The molecule has 0 spiro atoms. The highest BCUT2D eigenvalue weighted by Gasteiger charge is 2.35. The average molecular weight is 321 g/mol. The second kappa shape index (κ2) is 6.84. The highest BCUT2D eigenvalue weighted by atomic mass is 19.1. The topological polar surface area (TPSA) is 36.0 Å². The summed E-state index contributed by atoms with van der Waals surface area (Å²) in [6, 6.07) is 6.65. The zero-order valence-electron chi connectivity index (χ0n) is 13.7. The maximum absolute atomic E-state index is 13.5. The number of piperazine rings is 1. The zero-order valence-corrected chi connectivity index (χ0v) is 13.7. The van der Waals surface area contributed by atoms with Gasteiger partial charge in [-0.15, -0.1) is 0 Å². The number of amides is 1. The second-order valence-corrected chi connectivity index (χ2v) is 6.57. The Morgan fingerprint density at radius 3 is 2.70 bits per heavy atom. The summed E-state index contributed by atoms with van der Waals surface area (Å²) in [6.45, 7) is 4.04. The minimum Gasteiger partial charge on any atom is -0.484 e. The SMILES string of the molecule is CN1CCN(C)[C@@H](CC(=O)N2CC(Oc3ccccc3F)C2)C1. The molecule has 0 radical (unpaired) electrons. The van der Waals surface area contributed by atoms with Gasteiger partial charge in [-0.3, -0.25) is 4.79 Å². The van der Waals surface area contributed by atoms with Crippen molar-refractivity contribution in [3.8, 4) is 5.75 Å². The van der Waals surface area contributed by atoms with Crippen LogP contribution in [0.25, 0.3) is 0 Å². The molecular weight excluding hydrogens is 297 g/mol. The quantitative estimate of drug-likeness (QED) is 0.831. The third-order valence-corrected chi connectivity index (χ3v) is 4.72. The first kappa shape index (κ1) is 16.2. The number of para-hydroxylation sites is 1. The first-order chi connectivity index (χ1) is 11.0. The number of likely N-dealkylation sites (N-methyl/N-ethyl adjacent to an activating group) is 2. The van der Waals surface area contributed by atoms with Crippen molar-refractivity contribution in [2.75, 3.05) is 46.8 Å². The van der Waals surface area contributed by atoms with Crippen LogP contribution in [0.4, 0.5) is 4.39 Å². The van der Waals surface area contributed by atoms with E-state index in [-0.39, 0.29) is 29.6 Å². The Kier molecular flexibility index (Phi) is 4.82. The van der Waals surface area contributed by atoms with Crippen LogP contribution in [0.3, 0.4) is 0 Å². The van der Waals surface area contributed by atoms with Crippen molar-refractivity contribution in [1.82, 2.24) is 14.7 Å². The van der Waals surface area contributed by atoms with E-state index in [0.29, 0.717) is 19.5 Å². The van der Waals surface area contributed by atoms with Crippen molar-refractivity contribution in [2.45, 2.75) is 18.6 Å². The van der Waals surface area contributed by atoms with Crippen LogP contribution in [0.2, 0.25) is 0 Å². The molecule has 0 saturated carbocycles. The molecule has 0 aromatic heterocycles. The Morgan fingerprint density at radius 1 is 1.22 bits per heavy atom. The van der Waals surface area contributed by atoms with Crippen LogP contribution in [-0.2, 0) is 4.79 Å². The van der Waals surface area contributed by atoms with Gasteiger partial charge in [-0.25, -0.2) is 4.39 Å². The number of hydrogen-bond donors (Lipinski definition) is 0. The molecule has 5 nitrogen and oxygen atoms in total. The molecule has 0 aliphatic carbocycles. The molecule has 1 aromatic carbocycles. The summed E-state index contributed by atoms with van der Waals surface area (Å²) in [7, 11) is 4.16. The first-order valence-corrected chi connectivity index (χ1v) is 8.10. The summed E-state index contributed by atoms with van der Waals surface area (Å²) in [5.41, 5.74) is 0. The van der Waals surface area contributed by atoms with Crippen molar-refractivity contribution >= 4 is 5.91 Å². The highest BCUT2D eigenvalue weighted by Crippen LogP contribution is 2.22. The molecule has 0 N–H and O–H groups in total. The standard InChI is InChI=1S/C17H24FN3O2/c1-19-7-8-20(2)13(10-19)9-17(22)21-11-14(12-21)23-16-6-4-3-5-15(16)18/h3-6,13-14H,7-12H2,1-2H3/t13-/m0/s1. The molecule has 1 amide bonds. The van der Waals surface area contributed by atoms with Gasteiger partial charge in [-0.2, -0.15) is 0 Å². The van der Waals surface area contributed by atoms with Crippen LogP contribution in [0.1, 0.15) is 6.42 Å². The molecule has 2 heterocycles. The van der Waals surface area contributed by atoms with Crippen molar-refractivity contribution in [3.63, 3.8) is 0 Å². The van der Waals surface area contributed by atoms with Gasteiger partial charge in [0.2, 0.25) is 5.91 Å². The maximum atomic E-state index is 13.5. The average Bonchev–Trinajstić information content (AvgIpc) is 2.48. The lowest BCUT2D eigenvalue weighted by Gasteiger charge is -2.42. The molecule has 2 saturated heterocycles. The van der Waals surface area contributed by atoms with Crippen LogP contribution < -0.4 is 4.74 Å². The van der Waals surface area contributed by atoms with Gasteiger partial charge in [0.15, 0.2) is 11.6 Å². The minimum absolute atomic E-state index is 0.109. The molecule has 126 valence electrons. The van der Waals surface area contributed by atoms with Gasteiger partial charge in [0, 0.05) is 32.1 Å². The van der Waals surface area contributed by atoms with E-state index in [2.05, 4.69) is 23.9 Å². The van der Waals surface area contributed by atoms with Crippen LogP contribution in [0, 0.1) is 5.82 Å². The molecule has 0 bridgehead atoms. The molecule has 1 aromatic rings. The van der Waals surface area contributed by atoms with E-state index in [1.54, 1.807) is 23.1 Å². The lowest BCUT2D eigenvalue weighted by Crippen LogP contribution is -2.58. The molecule has 0 unspecified atom stereocenters. The van der Waals surface area contributed by atoms with Crippen molar-refractivity contribution < 1.29 is 13.9 Å². The smallest absolute Gasteiger partial charge is 0.224 e. The first-order valence-electron chi connectivity index (χ1n) is 8.10. The van der Waals surface area contributed by atoms with Gasteiger partial charge in [-0.1, -0.05) is 12.1 Å². The van der Waals surface area contributed by atoms with E-state index < -0.39 is 0 Å². The van der Waals surface area contributed by atoms with E-state index in [1.165, 1.54) is 6.07 Å². The Hall–Kier alpha value is -1.66. The Bertz CT molecular complexity index is 563. The summed E-state index contributed by atoms with van der Waals surface area (Å²) in [5, 5.41) is 0. The fourth-order valence-corrected chi connectivity index (χ4v) is 3.09. The largest absolute Gasteiger partial charge is 0.484 e. The van der Waals surface area contributed by atoms with Gasteiger partial charge in [-0.05, 0) is 26.2 Å². The van der Waals surface area contributed by atoms with Gasteiger partial charge >= 0.3 is 0 Å². The van der Waals surface area contributed by atoms with Gasteiger partial charge in [0.05, 0.1) is 13.1 Å². The summed E-state index contributed by atoms with van der Waals surface area (Å²) >= 11 is 0. The zero-order chi connectivity index (χ0) is 16.4. The number of carbonyl (C=O) groups is 1. The molecular formula is C17H24FN3O2. The van der Waals surface area contributed by atoms with E-state index in [4.69, 9.17) is 4.74 Å². The molecule has 1 atom stereocenters. The number of ether oxygens (including phenoxy) is 1. The number of rotatable bonds is 4. The third kappa shape index (κ3) is 3.82. The van der Waals surface area contributed by atoms with E-state index >= 15 is 0 Å². The number of hydrogen-bond acceptors (Lipinski definition) is 4. The van der Waals surface area contributed by atoms with Crippen molar-refractivity contribution in [1.29, 1.82) is 0 Å². The predicted octanol–water partition coefficient (Wildman–Crippen LogP) is 1.05. The number of carbonyl (C=O) groups excluding carboxylic acids is 1. The fraction of sp³-hybridized carbons (Fsp3) is 0.588. The van der Waals surface area contributed by atoms with E-state index in [9.17, 15) is 9.18 Å². The van der Waals surface area contributed by atoms with Gasteiger partial charge in [0.1, 0.15) is 6.10 Å². The molecule has 3 rings (SSSR count). The number of nitrogens with zero attached hydrogens (tertiary/aromatic N) is 3. The Balaban J connectivity index is 1.45. The lowest BCUT2D eigenvalue weighted by atomic mass is 10.1. The van der Waals surface area contributed by atoms with Crippen LogP contribution in [0.5, 0.6) is 5.75 Å². The highest BCUT2D eigenvalue weighted by molar-refractivity contribution is 5.77. The Labute approximate surface area is 136 Å². The normalized spacial score (nSPS) is 23.6. The number of halogens is 1. The molecule has 6 heteroatoms. The molecule has 2 fully saturated rings. The number of likely N-dealkylation sites (tertiary alicyclic amines) is 1. The van der Waals surface area contributed by atoms with Gasteiger partial charge in [0.25, 0.3) is 0 Å². The molecule has 23 heavy (non-hydrogen) atoms. The third-order valence-electron chi connectivity index (χ3n) is 4.72. The van der Waals surface area contributed by atoms with Crippen LogP contribution in [-0.4, -0.2) is 79.6 Å². The monoisotopic (exact) mass is 321 g/mol. The van der Waals surface area contributed by atoms with Crippen molar-refractivity contribution in [2.24, 2.45) is 0 Å². The summed E-state index contributed by atoms with van der Waals surface area (Å²) in [6.07, 6.45) is 0.426. The maximum Gasteiger partial charge on any atom is 0.224 e. The van der Waals surface area contributed by atoms with Crippen LogP contribution in [0.15, 0.2) is 24.3 Å². The minimum atomic E-state index is -0.357. The van der Waals surface area contributed by atoms with Crippen molar-refractivity contribution in [3.05, 3.63) is 30.1 Å². The fourth-order valence-electron chi connectivity index (χ4n) is 3.09. The predicted molar refractivity (Wildman–Crippen MR) is 85.9 cm³/mol. The molecule has 2 aliphatic rings. The second-order valence-electron chi connectivity index (χ2n) is 6.57. The summed E-state index contributed by atoms with van der Waals surface area (Å²) in [4.78, 5) is 18.7. The summed E-state index contributed by atoms with van der Waals surface area (Å²) in [5.74, 6) is 0.0629. The number of benzene rings is 1. The Morgan fingerprint density at radius 2 is 1.96 bits per heavy atom. The van der Waals surface area contributed by atoms with Crippen LogP contribution >= 0.6 is 0 Å². The van der Waals surface area contributed by atoms with E-state index in [1.807, 2.05) is 0 Å². The van der Waals surface area contributed by atoms with E-state index in [0.717, 1.165) is 19.6 Å².